The number of para-hydroxylation sites is 1. The Bertz CT molecular complexity index is 1150. The molecule has 2 aromatic heterocycles. The maximum Gasteiger partial charge on any atom is 0.449 e. The SMILES string of the molecule is O=C(O)c1cc(COc2ccc3oc4ccccc4c3c2)c(C(F)(F)F)o1. The second-order valence-electron chi connectivity index (χ2n) is 5.81. The van der Waals surface area contributed by atoms with Crippen LogP contribution in [0.3, 0.4) is 0 Å². The van der Waals surface area contributed by atoms with E-state index in [2.05, 4.69) is 4.42 Å². The lowest BCUT2D eigenvalue weighted by Crippen LogP contribution is -2.08. The van der Waals surface area contributed by atoms with E-state index in [1.54, 1.807) is 18.2 Å². The van der Waals surface area contributed by atoms with Crippen LogP contribution in [0.5, 0.6) is 5.75 Å². The molecule has 4 aromatic rings. The second-order valence-corrected chi connectivity index (χ2v) is 5.81. The van der Waals surface area contributed by atoms with E-state index >= 15 is 0 Å². The molecule has 0 aliphatic heterocycles. The van der Waals surface area contributed by atoms with Gasteiger partial charge in [-0.25, -0.2) is 4.79 Å². The smallest absolute Gasteiger partial charge is 0.449 e. The van der Waals surface area contributed by atoms with E-state index in [0.29, 0.717) is 16.9 Å². The zero-order valence-corrected chi connectivity index (χ0v) is 13.5. The lowest BCUT2D eigenvalue weighted by molar-refractivity contribution is -0.154. The summed E-state index contributed by atoms with van der Waals surface area (Å²) < 4.78 is 54.7. The highest BCUT2D eigenvalue weighted by atomic mass is 19.4. The maximum atomic E-state index is 13.0. The Morgan fingerprint density at radius 1 is 1.00 bits per heavy atom. The average Bonchev–Trinajstić information content (AvgIpc) is 3.21. The van der Waals surface area contributed by atoms with Crippen LogP contribution < -0.4 is 4.74 Å². The van der Waals surface area contributed by atoms with Gasteiger partial charge in [-0.05, 0) is 30.3 Å². The van der Waals surface area contributed by atoms with E-state index < -0.39 is 35.8 Å². The Morgan fingerprint density at radius 2 is 1.74 bits per heavy atom. The molecule has 138 valence electrons. The van der Waals surface area contributed by atoms with Crippen molar-refractivity contribution < 1.29 is 36.6 Å². The molecule has 0 saturated heterocycles. The van der Waals surface area contributed by atoms with Crippen LogP contribution in [0.2, 0.25) is 0 Å². The fourth-order valence-corrected chi connectivity index (χ4v) is 2.84. The molecule has 0 saturated carbocycles. The molecule has 8 heteroatoms. The first-order chi connectivity index (χ1) is 12.8. The van der Waals surface area contributed by atoms with Gasteiger partial charge in [0.25, 0.3) is 0 Å². The number of hydrogen-bond acceptors (Lipinski definition) is 4. The Balaban J connectivity index is 1.65. The van der Waals surface area contributed by atoms with Crippen molar-refractivity contribution in [3.8, 4) is 5.75 Å². The first-order valence-corrected chi connectivity index (χ1v) is 7.80. The van der Waals surface area contributed by atoms with Crippen LogP contribution >= 0.6 is 0 Å². The summed E-state index contributed by atoms with van der Waals surface area (Å²) in [5.74, 6) is -3.44. The average molecular weight is 376 g/mol. The van der Waals surface area contributed by atoms with Crippen molar-refractivity contribution >= 4 is 27.9 Å². The van der Waals surface area contributed by atoms with Gasteiger partial charge in [0.2, 0.25) is 11.5 Å². The summed E-state index contributed by atoms with van der Waals surface area (Å²) in [5.41, 5.74) is 0.915. The number of fused-ring (bicyclic) bond motifs is 3. The topological polar surface area (TPSA) is 72.8 Å². The highest BCUT2D eigenvalue weighted by molar-refractivity contribution is 6.05. The van der Waals surface area contributed by atoms with Gasteiger partial charge in [-0.15, -0.1) is 0 Å². The lowest BCUT2D eigenvalue weighted by Gasteiger charge is -2.08. The molecule has 0 atom stereocenters. The molecule has 4 rings (SSSR count). The molecule has 0 fully saturated rings. The molecule has 1 N–H and O–H groups in total. The fourth-order valence-electron chi connectivity index (χ4n) is 2.84. The Hall–Kier alpha value is -3.42. The largest absolute Gasteiger partial charge is 0.489 e. The Kier molecular flexibility index (Phi) is 3.83. The quantitative estimate of drug-likeness (QED) is 0.511. The Labute approximate surface area is 149 Å². The molecule has 0 aliphatic carbocycles. The molecule has 0 spiro atoms. The maximum absolute atomic E-state index is 13.0. The molecular formula is C19H11F3O5. The van der Waals surface area contributed by atoms with E-state index in [-0.39, 0.29) is 0 Å². The zero-order chi connectivity index (χ0) is 19.2. The lowest BCUT2D eigenvalue weighted by atomic mass is 10.1. The van der Waals surface area contributed by atoms with Crippen molar-refractivity contribution in [2.45, 2.75) is 12.8 Å². The standard InChI is InChI=1S/C19H11F3O5/c20-19(21,22)17-10(7-16(27-17)18(23)24)9-25-11-5-6-15-13(8-11)12-3-1-2-4-14(12)26-15/h1-8H,9H2,(H,23,24). The first kappa shape index (κ1) is 17.0. The van der Waals surface area contributed by atoms with Crippen molar-refractivity contribution in [1.29, 1.82) is 0 Å². The van der Waals surface area contributed by atoms with Gasteiger partial charge in [-0.1, -0.05) is 18.2 Å². The van der Waals surface area contributed by atoms with E-state index in [1.165, 1.54) is 0 Å². The molecule has 2 aromatic carbocycles. The van der Waals surface area contributed by atoms with Gasteiger partial charge in [-0.3, -0.25) is 0 Å². The normalized spacial score (nSPS) is 12.0. The number of alkyl halides is 3. The minimum absolute atomic E-state index is 0.320. The molecule has 0 unspecified atom stereocenters. The number of rotatable bonds is 4. The van der Waals surface area contributed by atoms with E-state index in [9.17, 15) is 18.0 Å². The molecule has 27 heavy (non-hydrogen) atoms. The second kappa shape index (κ2) is 6.08. The van der Waals surface area contributed by atoms with Gasteiger partial charge in [-0.2, -0.15) is 13.2 Å². The third kappa shape index (κ3) is 3.10. The van der Waals surface area contributed by atoms with Crippen LogP contribution in [-0.2, 0) is 12.8 Å². The number of carboxylic acid groups (broad SMARTS) is 1. The molecule has 0 aliphatic rings. The predicted octanol–water partition coefficient (Wildman–Crippen LogP) is 5.48. The van der Waals surface area contributed by atoms with Crippen LogP contribution in [0.1, 0.15) is 21.9 Å². The third-order valence-electron chi connectivity index (χ3n) is 4.02. The van der Waals surface area contributed by atoms with E-state index in [0.717, 1.165) is 16.8 Å². The zero-order valence-electron chi connectivity index (χ0n) is 13.5. The Morgan fingerprint density at radius 3 is 2.48 bits per heavy atom. The van der Waals surface area contributed by atoms with Gasteiger partial charge in [0, 0.05) is 16.3 Å². The minimum atomic E-state index is -4.82. The van der Waals surface area contributed by atoms with E-state index in [4.69, 9.17) is 14.3 Å². The number of hydrogen-bond donors (Lipinski definition) is 1. The molecule has 0 amide bonds. The van der Waals surface area contributed by atoms with Crippen molar-refractivity contribution in [3.63, 3.8) is 0 Å². The number of halogens is 3. The van der Waals surface area contributed by atoms with Gasteiger partial charge < -0.3 is 18.7 Å². The number of benzene rings is 2. The van der Waals surface area contributed by atoms with Gasteiger partial charge >= 0.3 is 12.1 Å². The van der Waals surface area contributed by atoms with Crippen molar-refractivity contribution in [3.05, 3.63) is 65.6 Å². The van der Waals surface area contributed by atoms with Crippen molar-refractivity contribution in [1.82, 2.24) is 0 Å². The summed E-state index contributed by atoms with van der Waals surface area (Å²) in [7, 11) is 0. The van der Waals surface area contributed by atoms with Crippen LogP contribution in [0.15, 0.2) is 57.4 Å². The van der Waals surface area contributed by atoms with Crippen LogP contribution in [-0.4, -0.2) is 11.1 Å². The molecule has 0 radical (unpaired) electrons. The molecular weight excluding hydrogens is 365 g/mol. The summed E-state index contributed by atoms with van der Waals surface area (Å²) in [6.45, 7) is -0.493. The highest BCUT2D eigenvalue weighted by Crippen LogP contribution is 2.35. The third-order valence-corrected chi connectivity index (χ3v) is 4.02. The summed E-state index contributed by atoms with van der Waals surface area (Å²) >= 11 is 0. The predicted molar refractivity (Wildman–Crippen MR) is 88.7 cm³/mol. The van der Waals surface area contributed by atoms with Crippen LogP contribution in [0.25, 0.3) is 21.9 Å². The van der Waals surface area contributed by atoms with Gasteiger partial charge in [0.15, 0.2) is 0 Å². The van der Waals surface area contributed by atoms with Crippen molar-refractivity contribution in [2.75, 3.05) is 0 Å². The summed E-state index contributed by atoms with van der Waals surface area (Å²) in [6.07, 6.45) is -4.82. The van der Waals surface area contributed by atoms with Gasteiger partial charge in [0.1, 0.15) is 23.5 Å². The van der Waals surface area contributed by atoms with Crippen molar-refractivity contribution in [2.24, 2.45) is 0 Å². The van der Waals surface area contributed by atoms with E-state index in [1.807, 2.05) is 24.3 Å². The number of carboxylic acids is 1. The summed E-state index contributed by atoms with van der Waals surface area (Å²) in [6, 6.07) is 13.1. The summed E-state index contributed by atoms with van der Waals surface area (Å²) in [5, 5.41) is 10.5. The highest BCUT2D eigenvalue weighted by Gasteiger charge is 2.39. The molecule has 0 bridgehead atoms. The number of carbonyl (C=O) groups is 1. The number of ether oxygens (including phenoxy) is 1. The van der Waals surface area contributed by atoms with Gasteiger partial charge in [0.05, 0.1) is 0 Å². The van der Waals surface area contributed by atoms with Crippen LogP contribution in [0, 0.1) is 0 Å². The first-order valence-electron chi connectivity index (χ1n) is 7.80. The van der Waals surface area contributed by atoms with Crippen LogP contribution in [0.4, 0.5) is 13.2 Å². The number of furan rings is 2. The monoisotopic (exact) mass is 376 g/mol. The minimum Gasteiger partial charge on any atom is -0.489 e. The fraction of sp³-hybridized carbons (Fsp3) is 0.105. The number of aromatic carboxylic acids is 1. The molecule has 5 nitrogen and oxygen atoms in total. The molecule has 2 heterocycles. The summed E-state index contributed by atoms with van der Waals surface area (Å²) in [4.78, 5) is 10.9.